The van der Waals surface area contributed by atoms with Crippen molar-refractivity contribution in [1.29, 1.82) is 0 Å². The van der Waals surface area contributed by atoms with Crippen molar-refractivity contribution in [1.82, 2.24) is 14.1 Å². The summed E-state index contributed by atoms with van der Waals surface area (Å²) in [5.41, 5.74) is 0.199. The monoisotopic (exact) mass is 385 g/mol. The molecule has 0 aromatic carbocycles. The molecule has 0 radical (unpaired) electrons. The maximum absolute atomic E-state index is 13.2. The molecular formula is C18H31N3O4S. The van der Waals surface area contributed by atoms with Crippen LogP contribution in [0.4, 0.5) is 0 Å². The van der Waals surface area contributed by atoms with E-state index in [4.69, 9.17) is 4.74 Å². The van der Waals surface area contributed by atoms with Gasteiger partial charge in [-0.1, -0.05) is 20.8 Å². The largest absolute Gasteiger partial charge is 0.466 e. The van der Waals surface area contributed by atoms with Gasteiger partial charge in [0.2, 0.25) is 10.0 Å². The van der Waals surface area contributed by atoms with Gasteiger partial charge in [0.05, 0.1) is 18.2 Å². The van der Waals surface area contributed by atoms with Crippen LogP contribution < -0.4 is 0 Å². The Labute approximate surface area is 156 Å². The third kappa shape index (κ3) is 4.28. The first-order valence-electron chi connectivity index (χ1n) is 9.25. The van der Waals surface area contributed by atoms with Crippen molar-refractivity contribution in [2.75, 3.05) is 19.7 Å². The highest BCUT2D eigenvalue weighted by atomic mass is 32.2. The summed E-state index contributed by atoms with van der Waals surface area (Å²) in [7, 11) is -3.65. The Morgan fingerprint density at radius 2 is 1.88 bits per heavy atom. The van der Waals surface area contributed by atoms with E-state index in [9.17, 15) is 13.2 Å². The summed E-state index contributed by atoms with van der Waals surface area (Å²) in [5, 5.41) is 4.55. The molecule has 8 heteroatoms. The molecule has 0 N–H and O–H groups in total. The molecule has 26 heavy (non-hydrogen) atoms. The Balaban J connectivity index is 2.27. The van der Waals surface area contributed by atoms with Crippen molar-refractivity contribution in [3.63, 3.8) is 0 Å². The molecule has 1 aliphatic rings. The lowest BCUT2D eigenvalue weighted by Gasteiger charge is -2.30. The summed E-state index contributed by atoms with van der Waals surface area (Å²) < 4.78 is 34.7. The molecule has 0 saturated carbocycles. The SMILES string of the molecule is CCOC(=O)C1CCN(S(=O)(=O)c2cn(C(C)C)nc2C(C)(C)C)CC1. The van der Waals surface area contributed by atoms with Gasteiger partial charge in [-0.2, -0.15) is 9.40 Å². The molecule has 1 aromatic heterocycles. The standard InChI is InChI=1S/C18H31N3O4S/c1-7-25-17(22)14-8-10-20(11-9-14)26(23,24)15-12-21(13(2)3)19-16(15)18(4,5)6/h12-14H,7-11H2,1-6H3. The molecular weight excluding hydrogens is 354 g/mol. The highest BCUT2D eigenvalue weighted by Crippen LogP contribution is 2.32. The number of sulfonamides is 1. The number of aromatic nitrogens is 2. The zero-order valence-electron chi connectivity index (χ0n) is 16.7. The molecule has 2 heterocycles. The third-order valence-corrected chi connectivity index (χ3v) is 6.53. The molecule has 7 nitrogen and oxygen atoms in total. The minimum Gasteiger partial charge on any atom is -0.466 e. The summed E-state index contributed by atoms with van der Waals surface area (Å²) in [6, 6.07) is 0.0783. The van der Waals surface area contributed by atoms with Gasteiger partial charge in [0.25, 0.3) is 0 Å². The number of hydrogen-bond donors (Lipinski definition) is 0. The smallest absolute Gasteiger partial charge is 0.309 e. The first kappa shape index (κ1) is 20.9. The topological polar surface area (TPSA) is 81.5 Å². The Hall–Kier alpha value is -1.41. The van der Waals surface area contributed by atoms with Crippen LogP contribution in [-0.2, 0) is 25.0 Å². The minimum atomic E-state index is -3.65. The Kier molecular flexibility index (Phi) is 6.17. The summed E-state index contributed by atoms with van der Waals surface area (Å²) in [6.07, 6.45) is 2.61. The number of carbonyl (C=O) groups excluding carboxylic acids is 1. The average Bonchev–Trinajstić information content (AvgIpc) is 3.02. The van der Waals surface area contributed by atoms with Crippen LogP contribution in [0.3, 0.4) is 0 Å². The van der Waals surface area contributed by atoms with Crippen LogP contribution in [0, 0.1) is 5.92 Å². The lowest BCUT2D eigenvalue weighted by molar-refractivity contribution is -0.149. The van der Waals surface area contributed by atoms with Crippen LogP contribution in [0.1, 0.15) is 66.1 Å². The van der Waals surface area contributed by atoms with Crippen molar-refractivity contribution in [3.8, 4) is 0 Å². The molecule has 0 unspecified atom stereocenters. The highest BCUT2D eigenvalue weighted by molar-refractivity contribution is 7.89. The number of esters is 1. The number of nitrogens with zero attached hydrogens (tertiary/aromatic N) is 3. The second-order valence-corrected chi connectivity index (χ2v) is 10.0. The van der Waals surface area contributed by atoms with Gasteiger partial charge in [0.1, 0.15) is 4.90 Å². The van der Waals surface area contributed by atoms with E-state index < -0.39 is 10.0 Å². The van der Waals surface area contributed by atoms with Gasteiger partial charge in [0.15, 0.2) is 0 Å². The van der Waals surface area contributed by atoms with Crippen LogP contribution >= 0.6 is 0 Å². The lowest BCUT2D eigenvalue weighted by Crippen LogP contribution is -2.41. The van der Waals surface area contributed by atoms with Gasteiger partial charge in [-0.05, 0) is 33.6 Å². The Morgan fingerprint density at radius 3 is 2.35 bits per heavy atom. The molecule has 0 bridgehead atoms. The minimum absolute atomic E-state index is 0.0783. The van der Waals surface area contributed by atoms with Crippen LogP contribution in [0.5, 0.6) is 0 Å². The fourth-order valence-corrected chi connectivity index (χ4v) is 4.88. The van der Waals surface area contributed by atoms with E-state index in [2.05, 4.69) is 5.10 Å². The predicted octanol–water partition coefficient (Wildman–Crippen LogP) is 2.73. The van der Waals surface area contributed by atoms with Crippen LogP contribution in [0.25, 0.3) is 0 Å². The number of piperidine rings is 1. The second kappa shape index (κ2) is 7.68. The van der Waals surface area contributed by atoms with Gasteiger partial charge >= 0.3 is 5.97 Å². The zero-order chi connectivity index (χ0) is 19.7. The molecule has 148 valence electrons. The van der Waals surface area contributed by atoms with Crippen LogP contribution in [-0.4, -0.2) is 48.2 Å². The van der Waals surface area contributed by atoms with Crippen molar-refractivity contribution >= 4 is 16.0 Å². The number of ether oxygens (including phenoxy) is 1. The van der Waals surface area contributed by atoms with E-state index in [0.717, 1.165) is 0 Å². The number of hydrogen-bond acceptors (Lipinski definition) is 5. The van der Waals surface area contributed by atoms with Gasteiger partial charge < -0.3 is 4.74 Å². The molecule has 0 aliphatic carbocycles. The van der Waals surface area contributed by atoms with E-state index in [1.54, 1.807) is 17.8 Å². The predicted molar refractivity (Wildman–Crippen MR) is 99.4 cm³/mol. The third-order valence-electron chi connectivity index (χ3n) is 4.63. The Bertz CT molecular complexity index is 739. The van der Waals surface area contributed by atoms with Gasteiger partial charge in [0, 0.05) is 30.7 Å². The maximum Gasteiger partial charge on any atom is 0.309 e. The van der Waals surface area contributed by atoms with Gasteiger partial charge in [-0.3, -0.25) is 9.48 Å². The highest BCUT2D eigenvalue weighted by Gasteiger charge is 2.37. The van der Waals surface area contributed by atoms with E-state index in [-0.39, 0.29) is 28.2 Å². The van der Waals surface area contributed by atoms with Gasteiger partial charge in [-0.25, -0.2) is 8.42 Å². The molecule has 0 spiro atoms. The fraction of sp³-hybridized carbons (Fsp3) is 0.778. The molecule has 1 saturated heterocycles. The summed E-state index contributed by atoms with van der Waals surface area (Å²) in [5.74, 6) is -0.450. The van der Waals surface area contributed by atoms with Crippen molar-refractivity contribution in [2.24, 2.45) is 5.92 Å². The molecule has 1 fully saturated rings. The number of rotatable bonds is 5. The summed E-state index contributed by atoms with van der Waals surface area (Å²) in [4.78, 5) is 12.2. The fourth-order valence-electron chi connectivity index (χ4n) is 3.08. The van der Waals surface area contributed by atoms with Crippen molar-refractivity contribution in [2.45, 2.75) is 70.7 Å². The quantitative estimate of drug-likeness (QED) is 0.728. The Morgan fingerprint density at radius 1 is 1.31 bits per heavy atom. The zero-order valence-corrected chi connectivity index (χ0v) is 17.5. The average molecular weight is 386 g/mol. The van der Waals surface area contributed by atoms with Crippen LogP contribution in [0.2, 0.25) is 0 Å². The summed E-state index contributed by atoms with van der Waals surface area (Å²) >= 11 is 0. The van der Waals surface area contributed by atoms with Crippen LogP contribution in [0.15, 0.2) is 11.1 Å². The molecule has 0 atom stereocenters. The number of carbonyl (C=O) groups is 1. The van der Waals surface area contributed by atoms with E-state index in [0.29, 0.717) is 38.2 Å². The van der Waals surface area contributed by atoms with E-state index in [1.807, 2.05) is 34.6 Å². The van der Waals surface area contributed by atoms with Crippen molar-refractivity contribution < 1.29 is 17.9 Å². The van der Waals surface area contributed by atoms with Gasteiger partial charge in [-0.15, -0.1) is 0 Å². The molecule has 1 aromatic rings. The summed E-state index contributed by atoms with van der Waals surface area (Å²) in [6.45, 7) is 12.6. The second-order valence-electron chi connectivity index (χ2n) is 8.10. The van der Waals surface area contributed by atoms with E-state index in [1.165, 1.54) is 4.31 Å². The molecule has 0 amide bonds. The molecule has 1 aliphatic heterocycles. The maximum atomic E-state index is 13.2. The molecule has 2 rings (SSSR count). The first-order chi connectivity index (χ1) is 12.0. The lowest BCUT2D eigenvalue weighted by atomic mass is 9.92. The normalized spacial score (nSPS) is 17.7. The first-order valence-corrected chi connectivity index (χ1v) is 10.7. The van der Waals surface area contributed by atoms with Crippen molar-refractivity contribution in [3.05, 3.63) is 11.9 Å². The van der Waals surface area contributed by atoms with E-state index >= 15 is 0 Å².